The first-order chi connectivity index (χ1) is 13.9. The molecule has 0 spiro atoms. The standard InChI is InChI=1S/C24H38O5/c1-17-8-6-7-9-18(17)12-13-19(25)14-15-21-20(22(26)16-23(21)27)10-4-2-3-5-11-24(28)29/h6-9,19-23,25-27H,2-5,10-16H2,1H3,(H,28,29). The predicted molar refractivity (Wildman–Crippen MR) is 114 cm³/mol. The van der Waals surface area contributed by atoms with E-state index in [4.69, 9.17) is 5.11 Å². The third kappa shape index (κ3) is 8.07. The molecular weight excluding hydrogens is 368 g/mol. The lowest BCUT2D eigenvalue weighted by Gasteiger charge is -2.24. The molecule has 5 unspecified atom stereocenters. The van der Waals surface area contributed by atoms with Gasteiger partial charge in [0.05, 0.1) is 18.3 Å². The summed E-state index contributed by atoms with van der Waals surface area (Å²) in [5, 5.41) is 39.8. The van der Waals surface area contributed by atoms with Crippen molar-refractivity contribution in [2.24, 2.45) is 11.8 Å². The first kappa shape index (κ1) is 23.8. The van der Waals surface area contributed by atoms with Crippen LogP contribution in [0.1, 0.15) is 75.3 Å². The summed E-state index contributed by atoms with van der Waals surface area (Å²) in [4.78, 5) is 10.6. The van der Waals surface area contributed by atoms with Crippen molar-refractivity contribution in [2.75, 3.05) is 0 Å². The van der Waals surface area contributed by atoms with E-state index in [1.807, 2.05) is 12.1 Å². The van der Waals surface area contributed by atoms with Crippen molar-refractivity contribution in [1.29, 1.82) is 0 Å². The van der Waals surface area contributed by atoms with Crippen molar-refractivity contribution < 1.29 is 25.2 Å². The summed E-state index contributed by atoms with van der Waals surface area (Å²) in [6, 6.07) is 8.24. The van der Waals surface area contributed by atoms with E-state index in [2.05, 4.69) is 19.1 Å². The SMILES string of the molecule is Cc1ccccc1CCC(O)CCC1C(O)CC(O)C1CCCCCCC(=O)O. The van der Waals surface area contributed by atoms with Gasteiger partial charge in [-0.3, -0.25) is 4.79 Å². The second-order valence-electron chi connectivity index (χ2n) is 8.74. The first-order valence-electron chi connectivity index (χ1n) is 11.2. The third-order valence-electron chi connectivity index (χ3n) is 6.54. The van der Waals surface area contributed by atoms with Gasteiger partial charge in [0.25, 0.3) is 0 Å². The summed E-state index contributed by atoms with van der Waals surface area (Å²) in [6.07, 6.45) is 6.57. The Morgan fingerprint density at radius 1 is 1.00 bits per heavy atom. The van der Waals surface area contributed by atoms with E-state index in [0.29, 0.717) is 25.7 Å². The van der Waals surface area contributed by atoms with Crippen LogP contribution in [0.25, 0.3) is 0 Å². The number of hydrogen-bond acceptors (Lipinski definition) is 4. The molecule has 0 aromatic heterocycles. The molecule has 4 N–H and O–H groups in total. The van der Waals surface area contributed by atoms with Gasteiger partial charge >= 0.3 is 5.97 Å². The van der Waals surface area contributed by atoms with E-state index in [1.165, 1.54) is 11.1 Å². The average molecular weight is 407 g/mol. The van der Waals surface area contributed by atoms with Crippen LogP contribution < -0.4 is 0 Å². The van der Waals surface area contributed by atoms with E-state index < -0.39 is 24.3 Å². The Kier molecular flexibility index (Phi) is 10.1. The molecular formula is C24H38O5. The van der Waals surface area contributed by atoms with Crippen LogP contribution in [0.4, 0.5) is 0 Å². The molecule has 1 saturated carbocycles. The average Bonchev–Trinajstić information content (AvgIpc) is 2.94. The fourth-order valence-corrected chi connectivity index (χ4v) is 4.73. The van der Waals surface area contributed by atoms with Crippen molar-refractivity contribution in [1.82, 2.24) is 0 Å². The highest BCUT2D eigenvalue weighted by Gasteiger charge is 2.40. The molecule has 1 aromatic carbocycles. The van der Waals surface area contributed by atoms with Crippen molar-refractivity contribution in [2.45, 2.75) is 95.9 Å². The van der Waals surface area contributed by atoms with E-state index >= 15 is 0 Å². The van der Waals surface area contributed by atoms with Crippen LogP contribution in [0.5, 0.6) is 0 Å². The molecule has 0 aliphatic heterocycles. The van der Waals surface area contributed by atoms with Gasteiger partial charge in [-0.15, -0.1) is 0 Å². The number of aliphatic hydroxyl groups excluding tert-OH is 3. The van der Waals surface area contributed by atoms with E-state index in [9.17, 15) is 20.1 Å². The highest BCUT2D eigenvalue weighted by Crippen LogP contribution is 2.39. The van der Waals surface area contributed by atoms with Crippen LogP contribution in [0.3, 0.4) is 0 Å². The van der Waals surface area contributed by atoms with Gasteiger partial charge in [-0.05, 0) is 74.8 Å². The number of aliphatic carboxylic acids is 1. The molecule has 1 aliphatic rings. The van der Waals surface area contributed by atoms with E-state index in [0.717, 1.165) is 38.5 Å². The Bertz CT molecular complexity index is 617. The topological polar surface area (TPSA) is 98.0 Å². The third-order valence-corrected chi connectivity index (χ3v) is 6.54. The van der Waals surface area contributed by atoms with Gasteiger partial charge in [-0.25, -0.2) is 0 Å². The van der Waals surface area contributed by atoms with Crippen LogP contribution in [0, 0.1) is 18.8 Å². The molecule has 1 fully saturated rings. The summed E-state index contributed by atoms with van der Waals surface area (Å²) in [5.74, 6) is -0.634. The largest absolute Gasteiger partial charge is 0.481 e. The van der Waals surface area contributed by atoms with Crippen molar-refractivity contribution in [3.8, 4) is 0 Å². The zero-order chi connectivity index (χ0) is 21.2. The summed E-state index contributed by atoms with van der Waals surface area (Å²) in [7, 11) is 0. The summed E-state index contributed by atoms with van der Waals surface area (Å²) < 4.78 is 0. The molecule has 0 saturated heterocycles. The van der Waals surface area contributed by atoms with Crippen LogP contribution in [-0.4, -0.2) is 44.7 Å². The molecule has 1 aliphatic carbocycles. The quantitative estimate of drug-likeness (QED) is 0.373. The number of hydrogen-bond donors (Lipinski definition) is 4. The number of carboxylic acid groups (broad SMARTS) is 1. The molecule has 0 amide bonds. The van der Waals surface area contributed by atoms with Gasteiger partial charge in [-0.2, -0.15) is 0 Å². The van der Waals surface area contributed by atoms with Crippen LogP contribution in [0.15, 0.2) is 24.3 Å². The van der Waals surface area contributed by atoms with Gasteiger partial charge in [-0.1, -0.05) is 43.5 Å². The molecule has 0 radical (unpaired) electrons. The van der Waals surface area contributed by atoms with Gasteiger partial charge in [0.2, 0.25) is 0 Å². The maximum Gasteiger partial charge on any atom is 0.303 e. The van der Waals surface area contributed by atoms with Crippen molar-refractivity contribution in [3.63, 3.8) is 0 Å². The van der Waals surface area contributed by atoms with Gasteiger partial charge < -0.3 is 20.4 Å². The minimum atomic E-state index is -0.750. The van der Waals surface area contributed by atoms with Crippen LogP contribution in [0.2, 0.25) is 0 Å². The minimum absolute atomic E-state index is 0.0390. The summed E-state index contributed by atoms with van der Waals surface area (Å²) in [5.41, 5.74) is 2.51. The molecule has 164 valence electrons. The Balaban J connectivity index is 1.72. The smallest absolute Gasteiger partial charge is 0.303 e. The fourth-order valence-electron chi connectivity index (χ4n) is 4.73. The normalized spacial score (nSPS) is 25.2. The maximum atomic E-state index is 10.6. The minimum Gasteiger partial charge on any atom is -0.481 e. The Labute approximate surface area is 174 Å². The number of carboxylic acids is 1. The van der Waals surface area contributed by atoms with E-state index in [1.54, 1.807) is 0 Å². The number of carbonyl (C=O) groups is 1. The molecule has 2 rings (SSSR count). The monoisotopic (exact) mass is 406 g/mol. The molecule has 0 bridgehead atoms. The number of aryl methyl sites for hydroxylation is 2. The highest BCUT2D eigenvalue weighted by molar-refractivity contribution is 5.66. The summed E-state index contributed by atoms with van der Waals surface area (Å²) >= 11 is 0. The predicted octanol–water partition coefficient (Wildman–Crippen LogP) is 3.85. The Hall–Kier alpha value is -1.43. The number of rotatable bonds is 13. The maximum absolute atomic E-state index is 10.6. The van der Waals surface area contributed by atoms with Crippen molar-refractivity contribution in [3.05, 3.63) is 35.4 Å². The fraction of sp³-hybridized carbons (Fsp3) is 0.708. The zero-order valence-corrected chi connectivity index (χ0v) is 17.7. The summed E-state index contributed by atoms with van der Waals surface area (Å²) in [6.45, 7) is 2.09. The van der Waals surface area contributed by atoms with Gasteiger partial charge in [0, 0.05) is 6.42 Å². The molecule has 1 aromatic rings. The zero-order valence-electron chi connectivity index (χ0n) is 17.7. The molecule has 29 heavy (non-hydrogen) atoms. The molecule has 0 heterocycles. The number of aliphatic hydroxyl groups is 3. The molecule has 5 nitrogen and oxygen atoms in total. The van der Waals surface area contributed by atoms with Crippen LogP contribution in [-0.2, 0) is 11.2 Å². The van der Waals surface area contributed by atoms with Crippen molar-refractivity contribution >= 4 is 5.97 Å². The first-order valence-corrected chi connectivity index (χ1v) is 11.2. The second-order valence-corrected chi connectivity index (χ2v) is 8.74. The molecule has 5 heteroatoms. The Morgan fingerprint density at radius 2 is 1.66 bits per heavy atom. The molecule has 5 atom stereocenters. The van der Waals surface area contributed by atoms with Crippen LogP contribution >= 0.6 is 0 Å². The van der Waals surface area contributed by atoms with Gasteiger partial charge in [0.1, 0.15) is 0 Å². The lowest BCUT2D eigenvalue weighted by atomic mass is 9.84. The number of benzene rings is 1. The second kappa shape index (κ2) is 12.3. The number of unbranched alkanes of at least 4 members (excludes halogenated alkanes) is 3. The lowest BCUT2D eigenvalue weighted by Crippen LogP contribution is -2.24. The van der Waals surface area contributed by atoms with E-state index in [-0.39, 0.29) is 18.3 Å². The van der Waals surface area contributed by atoms with Gasteiger partial charge in [0.15, 0.2) is 0 Å². The Morgan fingerprint density at radius 3 is 2.34 bits per heavy atom. The highest BCUT2D eigenvalue weighted by atomic mass is 16.4. The lowest BCUT2D eigenvalue weighted by molar-refractivity contribution is -0.137.